The predicted octanol–water partition coefficient (Wildman–Crippen LogP) is 0.729. The van der Waals surface area contributed by atoms with E-state index in [9.17, 15) is 28.8 Å². The van der Waals surface area contributed by atoms with E-state index in [0.29, 0.717) is 18.4 Å². The van der Waals surface area contributed by atoms with Crippen LogP contribution in [0, 0.1) is 11.8 Å². The summed E-state index contributed by atoms with van der Waals surface area (Å²) in [6, 6.07) is 3.46. The van der Waals surface area contributed by atoms with Crippen LogP contribution in [0.25, 0.3) is 6.08 Å². The lowest BCUT2D eigenvalue weighted by Crippen LogP contribution is -2.40. The van der Waals surface area contributed by atoms with Crippen LogP contribution in [0.15, 0.2) is 41.6 Å². The molecule has 5 amide bonds. The van der Waals surface area contributed by atoms with E-state index in [1.807, 2.05) is 12.2 Å². The number of hydrogen-bond acceptors (Lipinski definition) is 9. The number of aromatic nitrogens is 1. The zero-order chi connectivity index (χ0) is 24.9. The van der Waals surface area contributed by atoms with Gasteiger partial charge < -0.3 is 10.1 Å². The molecule has 2 aliphatic heterocycles. The lowest BCUT2D eigenvalue weighted by Gasteiger charge is -2.14. The second-order valence-electron chi connectivity index (χ2n) is 8.05. The highest BCUT2D eigenvalue weighted by Gasteiger charge is 2.47. The Kier molecular flexibility index (Phi) is 7.39. The number of hydrogen-bond donors (Lipinski definition) is 1. The molecule has 2 unspecified atom stereocenters. The number of likely N-dealkylation sites (tertiary alicyclic amines) is 1. The van der Waals surface area contributed by atoms with Crippen molar-refractivity contribution in [3.8, 4) is 0 Å². The minimum atomic E-state index is -0.875. The van der Waals surface area contributed by atoms with Crippen molar-refractivity contribution >= 4 is 52.7 Å². The van der Waals surface area contributed by atoms with E-state index >= 15 is 0 Å². The van der Waals surface area contributed by atoms with Crippen LogP contribution in [0.3, 0.4) is 0 Å². The third-order valence-electron chi connectivity index (χ3n) is 5.76. The van der Waals surface area contributed by atoms with Gasteiger partial charge >= 0.3 is 5.97 Å². The number of amides is 5. The second-order valence-corrected chi connectivity index (χ2v) is 9.04. The molecule has 0 radical (unpaired) electrons. The largest absolute Gasteiger partial charge is 0.454 e. The molecule has 0 bridgehead atoms. The Bertz CT molecular complexity index is 1110. The third kappa shape index (κ3) is 5.48. The summed E-state index contributed by atoms with van der Waals surface area (Å²) in [5.41, 5.74) is 0.681. The number of imide groups is 2. The molecule has 3 heterocycles. The Labute approximate surface area is 204 Å². The van der Waals surface area contributed by atoms with Crippen LogP contribution < -0.4 is 5.32 Å². The van der Waals surface area contributed by atoms with Gasteiger partial charge in [0.15, 0.2) is 6.61 Å². The first-order chi connectivity index (χ1) is 16.8. The standard InChI is InChI=1S/C23H22N4O7S/c28-18(13-34-19(29)12-27-20(30)15-5-1-2-6-16(15)21(27)31)25-8-9-26-22(32)17(35-23(26)33)10-14-4-3-7-24-11-14/h1-4,7,10-11,15-16H,5-6,8-9,12-13H2,(H,25,28)/b17-10-. The molecule has 0 saturated carbocycles. The van der Waals surface area contributed by atoms with Gasteiger partial charge in [0.05, 0.1) is 16.7 Å². The van der Waals surface area contributed by atoms with Crippen molar-refractivity contribution in [2.24, 2.45) is 11.8 Å². The van der Waals surface area contributed by atoms with Gasteiger partial charge in [0, 0.05) is 25.5 Å². The van der Waals surface area contributed by atoms with Crippen molar-refractivity contribution in [2.75, 3.05) is 26.2 Å². The van der Waals surface area contributed by atoms with E-state index in [-0.39, 0.29) is 18.0 Å². The summed E-state index contributed by atoms with van der Waals surface area (Å²) in [7, 11) is 0. The maximum atomic E-state index is 12.5. The van der Waals surface area contributed by atoms with Crippen molar-refractivity contribution in [1.82, 2.24) is 20.1 Å². The number of thioether (sulfide) groups is 1. The summed E-state index contributed by atoms with van der Waals surface area (Å²) in [6.45, 7) is -1.25. The van der Waals surface area contributed by atoms with E-state index in [4.69, 9.17) is 4.74 Å². The molecule has 1 aromatic rings. The second kappa shape index (κ2) is 10.6. The molecule has 11 nitrogen and oxygen atoms in total. The molecule has 1 aliphatic carbocycles. The molecule has 1 aromatic heterocycles. The van der Waals surface area contributed by atoms with Gasteiger partial charge in [-0.25, -0.2) is 0 Å². The highest BCUT2D eigenvalue weighted by Crippen LogP contribution is 2.35. The van der Waals surface area contributed by atoms with E-state index in [2.05, 4.69) is 10.3 Å². The lowest BCUT2D eigenvalue weighted by atomic mass is 9.85. The molecule has 0 aromatic carbocycles. The maximum absolute atomic E-state index is 12.5. The number of rotatable bonds is 8. The first-order valence-electron chi connectivity index (χ1n) is 10.9. The highest BCUT2D eigenvalue weighted by molar-refractivity contribution is 8.18. The van der Waals surface area contributed by atoms with Crippen LogP contribution in [-0.4, -0.2) is 75.9 Å². The number of esters is 1. The molecule has 1 N–H and O–H groups in total. The van der Waals surface area contributed by atoms with Crippen LogP contribution in [0.4, 0.5) is 4.79 Å². The number of ether oxygens (including phenoxy) is 1. The summed E-state index contributed by atoms with van der Waals surface area (Å²) in [5.74, 6) is -3.69. The Balaban J connectivity index is 1.19. The number of fused-ring (bicyclic) bond motifs is 1. The SMILES string of the molecule is O=C(COC(=O)CN1C(=O)C2CC=CCC2C1=O)NCCN1C(=O)S/C(=C\c2cccnc2)C1=O. The summed E-state index contributed by atoms with van der Waals surface area (Å²) < 4.78 is 4.88. The zero-order valence-electron chi connectivity index (χ0n) is 18.5. The van der Waals surface area contributed by atoms with Crippen LogP contribution in [0.2, 0.25) is 0 Å². The van der Waals surface area contributed by atoms with Crippen LogP contribution >= 0.6 is 11.8 Å². The van der Waals surface area contributed by atoms with E-state index in [1.165, 1.54) is 0 Å². The summed E-state index contributed by atoms with van der Waals surface area (Å²) >= 11 is 0.797. The minimum Gasteiger partial charge on any atom is -0.454 e. The number of pyridine rings is 1. The fourth-order valence-corrected chi connectivity index (χ4v) is 4.87. The van der Waals surface area contributed by atoms with Gasteiger partial charge in [0.25, 0.3) is 17.1 Å². The maximum Gasteiger partial charge on any atom is 0.326 e. The predicted molar refractivity (Wildman–Crippen MR) is 123 cm³/mol. The Morgan fingerprint density at radius 3 is 2.49 bits per heavy atom. The molecule has 2 atom stereocenters. The molecule has 2 fully saturated rings. The quantitative estimate of drug-likeness (QED) is 0.237. The number of carbonyl (C=O) groups excluding carboxylic acids is 6. The summed E-state index contributed by atoms with van der Waals surface area (Å²) in [6.07, 6.45) is 9.34. The zero-order valence-corrected chi connectivity index (χ0v) is 19.4. The smallest absolute Gasteiger partial charge is 0.326 e. The van der Waals surface area contributed by atoms with Crippen molar-refractivity contribution in [3.63, 3.8) is 0 Å². The van der Waals surface area contributed by atoms with Gasteiger partial charge in [-0.3, -0.25) is 43.6 Å². The van der Waals surface area contributed by atoms with Crippen molar-refractivity contribution < 1.29 is 33.5 Å². The van der Waals surface area contributed by atoms with Crippen molar-refractivity contribution in [2.45, 2.75) is 12.8 Å². The van der Waals surface area contributed by atoms with Gasteiger partial charge in [-0.05, 0) is 42.3 Å². The third-order valence-corrected chi connectivity index (χ3v) is 6.67. The van der Waals surface area contributed by atoms with Gasteiger partial charge in [0.1, 0.15) is 6.54 Å². The molecule has 2 saturated heterocycles. The first kappa shape index (κ1) is 24.3. The van der Waals surface area contributed by atoms with Gasteiger partial charge in [0.2, 0.25) is 11.8 Å². The summed E-state index contributed by atoms with van der Waals surface area (Å²) in [5, 5.41) is 2.01. The Morgan fingerprint density at radius 1 is 1.11 bits per heavy atom. The highest BCUT2D eigenvalue weighted by atomic mass is 32.2. The molecule has 0 spiro atoms. The number of allylic oxidation sites excluding steroid dienone is 2. The van der Waals surface area contributed by atoms with Crippen LogP contribution in [0.5, 0.6) is 0 Å². The average molecular weight is 499 g/mol. The van der Waals surface area contributed by atoms with Gasteiger partial charge in [-0.15, -0.1) is 0 Å². The molecule has 35 heavy (non-hydrogen) atoms. The van der Waals surface area contributed by atoms with Gasteiger partial charge in [-0.1, -0.05) is 18.2 Å². The number of nitrogens with one attached hydrogen (secondary N) is 1. The molecule has 182 valence electrons. The fraction of sp³-hybridized carbons (Fsp3) is 0.348. The molecule has 12 heteroatoms. The van der Waals surface area contributed by atoms with Crippen LogP contribution in [0.1, 0.15) is 18.4 Å². The number of nitrogens with zero attached hydrogens (tertiary/aromatic N) is 3. The fourth-order valence-electron chi connectivity index (χ4n) is 4.01. The summed E-state index contributed by atoms with van der Waals surface area (Å²) in [4.78, 5) is 79.6. The topological polar surface area (TPSA) is 143 Å². The Morgan fingerprint density at radius 2 is 1.83 bits per heavy atom. The van der Waals surface area contributed by atoms with Crippen molar-refractivity contribution in [3.05, 3.63) is 47.1 Å². The lowest BCUT2D eigenvalue weighted by molar-refractivity contribution is -0.154. The minimum absolute atomic E-state index is 0.0337. The molecular weight excluding hydrogens is 476 g/mol. The Hall–Kier alpha value is -3.80. The van der Waals surface area contributed by atoms with Gasteiger partial charge in [-0.2, -0.15) is 0 Å². The molecule has 4 rings (SSSR count). The first-order valence-corrected chi connectivity index (χ1v) is 11.7. The number of carbonyl (C=O) groups is 6. The monoisotopic (exact) mass is 498 g/mol. The van der Waals surface area contributed by atoms with Crippen LogP contribution in [-0.2, 0) is 28.7 Å². The van der Waals surface area contributed by atoms with Crippen molar-refractivity contribution in [1.29, 1.82) is 0 Å². The molecular formula is C23H22N4O7S. The normalized spacial score (nSPS) is 22.7. The van der Waals surface area contributed by atoms with E-state index in [1.54, 1.807) is 30.6 Å². The molecule has 3 aliphatic rings. The average Bonchev–Trinajstić information content (AvgIpc) is 3.26. The van der Waals surface area contributed by atoms with E-state index in [0.717, 1.165) is 21.6 Å². The van der Waals surface area contributed by atoms with E-state index < -0.39 is 59.8 Å².